The molecule has 0 unspecified atom stereocenters. The molecule has 0 N–H and O–H groups in total. The summed E-state index contributed by atoms with van der Waals surface area (Å²) in [5.74, 6) is 0.558. The minimum atomic E-state index is -0.362. The Morgan fingerprint density at radius 2 is 2.12 bits per heavy atom. The molecular formula is C18H15FN4O2S. The number of hydrogen-bond donors (Lipinski definition) is 0. The van der Waals surface area contributed by atoms with E-state index >= 15 is 0 Å². The molecule has 1 amide bonds. The van der Waals surface area contributed by atoms with Gasteiger partial charge in [-0.1, -0.05) is 6.07 Å². The van der Waals surface area contributed by atoms with Crippen molar-refractivity contribution in [1.82, 2.24) is 19.9 Å². The molecule has 26 heavy (non-hydrogen) atoms. The standard InChI is InChI=1S/C18H15FN4O2S/c19-14-3-1-4-15-13(14)10-23(7-8-25-15)16(24)9-12-11-26-18(22-12)17-20-5-2-6-21-17/h1-6,11H,7-10H2. The number of carbonyl (C=O) groups excluding carboxylic acids is 1. The van der Waals surface area contributed by atoms with Gasteiger partial charge >= 0.3 is 0 Å². The van der Waals surface area contributed by atoms with Crippen LogP contribution in [0.15, 0.2) is 42.0 Å². The van der Waals surface area contributed by atoms with Gasteiger partial charge in [0.1, 0.15) is 18.2 Å². The van der Waals surface area contributed by atoms with Crippen LogP contribution in [0.4, 0.5) is 4.39 Å². The Balaban J connectivity index is 1.49. The number of nitrogens with zero attached hydrogens (tertiary/aromatic N) is 4. The molecule has 3 aromatic rings. The molecule has 2 aromatic heterocycles. The van der Waals surface area contributed by atoms with Gasteiger partial charge in [-0.2, -0.15) is 0 Å². The van der Waals surface area contributed by atoms with E-state index in [0.29, 0.717) is 41.0 Å². The lowest BCUT2D eigenvalue weighted by Gasteiger charge is -2.19. The van der Waals surface area contributed by atoms with Crippen molar-refractivity contribution in [2.45, 2.75) is 13.0 Å². The second-order valence-electron chi connectivity index (χ2n) is 5.77. The molecule has 4 rings (SSSR count). The van der Waals surface area contributed by atoms with Crippen LogP contribution in [0.25, 0.3) is 10.8 Å². The van der Waals surface area contributed by atoms with Crippen molar-refractivity contribution in [3.63, 3.8) is 0 Å². The van der Waals surface area contributed by atoms with Crippen LogP contribution < -0.4 is 4.74 Å². The molecule has 0 bridgehead atoms. The van der Waals surface area contributed by atoms with Crippen LogP contribution in [0.2, 0.25) is 0 Å². The van der Waals surface area contributed by atoms with E-state index in [1.54, 1.807) is 35.5 Å². The number of carbonyl (C=O) groups is 1. The van der Waals surface area contributed by atoms with Crippen molar-refractivity contribution in [1.29, 1.82) is 0 Å². The molecule has 3 heterocycles. The molecule has 132 valence electrons. The molecule has 8 heteroatoms. The molecule has 0 saturated heterocycles. The average Bonchev–Trinajstić information content (AvgIpc) is 3.00. The minimum Gasteiger partial charge on any atom is -0.491 e. The fourth-order valence-electron chi connectivity index (χ4n) is 2.74. The van der Waals surface area contributed by atoms with Crippen LogP contribution in [0, 0.1) is 5.82 Å². The van der Waals surface area contributed by atoms with Gasteiger partial charge in [0.05, 0.1) is 25.2 Å². The summed E-state index contributed by atoms with van der Waals surface area (Å²) in [6.07, 6.45) is 3.45. The van der Waals surface area contributed by atoms with Crippen molar-refractivity contribution in [3.8, 4) is 16.6 Å². The predicted octanol–water partition coefficient (Wildman–Crippen LogP) is 2.70. The summed E-state index contributed by atoms with van der Waals surface area (Å²) < 4.78 is 19.6. The van der Waals surface area contributed by atoms with Gasteiger partial charge in [-0.25, -0.2) is 19.3 Å². The van der Waals surface area contributed by atoms with Crippen molar-refractivity contribution in [3.05, 3.63) is 59.1 Å². The number of amides is 1. The Hall–Kier alpha value is -2.87. The van der Waals surface area contributed by atoms with Crippen LogP contribution in [0.1, 0.15) is 11.3 Å². The first-order chi connectivity index (χ1) is 12.7. The number of hydrogen-bond acceptors (Lipinski definition) is 6. The zero-order chi connectivity index (χ0) is 17.9. The fourth-order valence-corrected chi connectivity index (χ4v) is 3.51. The molecule has 0 spiro atoms. The zero-order valence-electron chi connectivity index (χ0n) is 13.8. The first-order valence-electron chi connectivity index (χ1n) is 8.10. The lowest BCUT2D eigenvalue weighted by Crippen LogP contribution is -2.33. The first kappa shape index (κ1) is 16.6. The predicted molar refractivity (Wildman–Crippen MR) is 94.2 cm³/mol. The SMILES string of the molecule is O=C(Cc1csc(-c2ncccn2)n1)N1CCOc2cccc(F)c2C1. The van der Waals surface area contributed by atoms with Crippen LogP contribution in [0.3, 0.4) is 0 Å². The molecule has 1 aliphatic rings. The second-order valence-corrected chi connectivity index (χ2v) is 6.63. The maximum atomic E-state index is 14.1. The number of halogens is 1. The summed E-state index contributed by atoms with van der Waals surface area (Å²) in [4.78, 5) is 27.0. The maximum absolute atomic E-state index is 14.1. The maximum Gasteiger partial charge on any atom is 0.229 e. The van der Waals surface area contributed by atoms with Gasteiger partial charge in [-0.3, -0.25) is 4.79 Å². The molecule has 1 aliphatic heterocycles. The van der Waals surface area contributed by atoms with Gasteiger partial charge in [-0.15, -0.1) is 11.3 Å². The summed E-state index contributed by atoms with van der Waals surface area (Å²) in [7, 11) is 0. The Labute approximate surface area is 153 Å². The topological polar surface area (TPSA) is 68.2 Å². The van der Waals surface area contributed by atoms with Gasteiger partial charge in [0.25, 0.3) is 0 Å². The first-order valence-corrected chi connectivity index (χ1v) is 8.98. The highest BCUT2D eigenvalue weighted by Gasteiger charge is 2.23. The highest BCUT2D eigenvalue weighted by Crippen LogP contribution is 2.26. The Morgan fingerprint density at radius 1 is 1.27 bits per heavy atom. The van der Waals surface area contributed by atoms with Crippen LogP contribution in [-0.2, 0) is 17.8 Å². The van der Waals surface area contributed by atoms with Crippen molar-refractivity contribution in [2.75, 3.05) is 13.2 Å². The number of benzene rings is 1. The summed E-state index contributed by atoms with van der Waals surface area (Å²) >= 11 is 1.39. The number of rotatable bonds is 3. The smallest absolute Gasteiger partial charge is 0.229 e. The number of thiazole rings is 1. The molecule has 1 aromatic carbocycles. The molecule has 0 fully saturated rings. The number of ether oxygens (including phenoxy) is 1. The van der Waals surface area contributed by atoms with Gasteiger partial charge in [0.2, 0.25) is 5.91 Å². The third-order valence-corrected chi connectivity index (χ3v) is 4.92. The monoisotopic (exact) mass is 370 g/mol. The third-order valence-electron chi connectivity index (χ3n) is 4.04. The number of aromatic nitrogens is 3. The molecule has 0 saturated carbocycles. The van der Waals surface area contributed by atoms with E-state index in [9.17, 15) is 9.18 Å². The summed E-state index contributed by atoms with van der Waals surface area (Å²) in [5, 5.41) is 2.50. The molecule has 0 radical (unpaired) electrons. The van der Waals surface area contributed by atoms with E-state index in [-0.39, 0.29) is 24.7 Å². The lowest BCUT2D eigenvalue weighted by molar-refractivity contribution is -0.131. The van der Waals surface area contributed by atoms with Crippen LogP contribution >= 0.6 is 11.3 Å². The highest BCUT2D eigenvalue weighted by atomic mass is 32.1. The third kappa shape index (κ3) is 3.41. The van der Waals surface area contributed by atoms with E-state index in [0.717, 1.165) is 0 Å². The van der Waals surface area contributed by atoms with E-state index in [2.05, 4.69) is 15.0 Å². The van der Waals surface area contributed by atoms with Crippen molar-refractivity contribution in [2.24, 2.45) is 0 Å². The Bertz CT molecular complexity index is 932. The summed E-state index contributed by atoms with van der Waals surface area (Å²) in [6, 6.07) is 6.44. The molecule has 0 atom stereocenters. The largest absolute Gasteiger partial charge is 0.491 e. The summed E-state index contributed by atoms with van der Waals surface area (Å²) in [5.41, 5.74) is 1.07. The van der Waals surface area contributed by atoms with Crippen LogP contribution in [0.5, 0.6) is 5.75 Å². The second kappa shape index (κ2) is 7.17. The van der Waals surface area contributed by atoms with Crippen LogP contribution in [-0.4, -0.2) is 38.9 Å². The van der Waals surface area contributed by atoms with Crippen molar-refractivity contribution >= 4 is 17.2 Å². The van der Waals surface area contributed by atoms with E-state index < -0.39 is 0 Å². The minimum absolute atomic E-state index is 0.115. The quantitative estimate of drug-likeness (QED) is 0.709. The molecule has 6 nitrogen and oxygen atoms in total. The normalized spacial score (nSPS) is 13.7. The van der Waals surface area contributed by atoms with E-state index in [1.807, 2.05) is 5.38 Å². The average molecular weight is 370 g/mol. The van der Waals surface area contributed by atoms with Gasteiger partial charge < -0.3 is 9.64 Å². The van der Waals surface area contributed by atoms with Gasteiger partial charge in [0.15, 0.2) is 10.8 Å². The lowest BCUT2D eigenvalue weighted by atomic mass is 10.1. The summed E-state index contributed by atoms with van der Waals surface area (Å²) in [6.45, 7) is 0.938. The van der Waals surface area contributed by atoms with Gasteiger partial charge in [0, 0.05) is 23.3 Å². The van der Waals surface area contributed by atoms with E-state index in [4.69, 9.17) is 4.74 Å². The molecule has 0 aliphatic carbocycles. The van der Waals surface area contributed by atoms with E-state index in [1.165, 1.54) is 17.4 Å². The molecular weight excluding hydrogens is 355 g/mol. The van der Waals surface area contributed by atoms with Gasteiger partial charge in [-0.05, 0) is 18.2 Å². The zero-order valence-corrected chi connectivity index (χ0v) is 14.6. The van der Waals surface area contributed by atoms with Crippen molar-refractivity contribution < 1.29 is 13.9 Å². The Kier molecular flexibility index (Phi) is 4.57. The fraction of sp³-hybridized carbons (Fsp3) is 0.222. The Morgan fingerprint density at radius 3 is 2.96 bits per heavy atom. The highest BCUT2D eigenvalue weighted by molar-refractivity contribution is 7.13. The number of fused-ring (bicyclic) bond motifs is 1.